The molecule has 0 aromatic carbocycles. The van der Waals surface area contributed by atoms with Gasteiger partial charge in [0.05, 0.1) is 18.5 Å². The van der Waals surface area contributed by atoms with Gasteiger partial charge in [-0.1, -0.05) is 41.5 Å². The quantitative estimate of drug-likeness (QED) is 0.829. The van der Waals surface area contributed by atoms with Crippen LogP contribution >= 0.6 is 0 Å². The molecular formula is C16H29FN2O. The molecule has 0 bridgehead atoms. The number of aryl methyl sites for hydroxylation is 1. The van der Waals surface area contributed by atoms with E-state index >= 15 is 0 Å². The largest absolute Gasteiger partial charge is 0.366 e. The smallest absolute Gasteiger partial charge is 0.115 e. The van der Waals surface area contributed by atoms with Gasteiger partial charge in [-0.25, -0.2) is 4.39 Å². The molecule has 1 aromatic rings. The summed E-state index contributed by atoms with van der Waals surface area (Å²) in [7, 11) is 0. The van der Waals surface area contributed by atoms with Crippen LogP contribution in [0.1, 0.15) is 58.8 Å². The number of alkyl halides is 1. The lowest BCUT2D eigenvalue weighted by Gasteiger charge is -2.46. The van der Waals surface area contributed by atoms with Crippen molar-refractivity contribution in [2.75, 3.05) is 13.3 Å². The van der Waals surface area contributed by atoms with Crippen molar-refractivity contribution >= 4 is 0 Å². The molecule has 20 heavy (non-hydrogen) atoms. The highest BCUT2D eigenvalue weighted by atomic mass is 19.1. The summed E-state index contributed by atoms with van der Waals surface area (Å²) >= 11 is 0. The molecule has 1 atom stereocenters. The summed E-state index contributed by atoms with van der Waals surface area (Å²) in [5.41, 5.74) is 1.80. The monoisotopic (exact) mass is 284 g/mol. The molecule has 1 aliphatic heterocycles. The van der Waals surface area contributed by atoms with Crippen molar-refractivity contribution in [1.82, 2.24) is 9.78 Å². The van der Waals surface area contributed by atoms with Crippen molar-refractivity contribution < 1.29 is 9.13 Å². The molecule has 0 N–H and O–H groups in total. The Balaban J connectivity index is 0.000000956. The number of hydrogen-bond acceptors (Lipinski definition) is 2. The number of nitrogens with zero attached hydrogens (tertiary/aromatic N) is 2. The molecule has 0 spiro atoms. The fourth-order valence-corrected chi connectivity index (χ4v) is 3.24. The van der Waals surface area contributed by atoms with Gasteiger partial charge in [0.2, 0.25) is 0 Å². The van der Waals surface area contributed by atoms with Crippen LogP contribution in [-0.4, -0.2) is 23.1 Å². The topological polar surface area (TPSA) is 27.1 Å². The molecule has 0 saturated heterocycles. The second kappa shape index (κ2) is 6.70. The predicted octanol–water partition coefficient (Wildman–Crippen LogP) is 4.27. The zero-order chi connectivity index (χ0) is 15.5. The highest BCUT2D eigenvalue weighted by molar-refractivity contribution is 5.27. The summed E-state index contributed by atoms with van der Waals surface area (Å²) in [6.45, 7) is 14.6. The molecule has 0 amide bonds. The summed E-state index contributed by atoms with van der Waals surface area (Å²) in [4.78, 5) is 0. The van der Waals surface area contributed by atoms with Crippen LogP contribution in [0.4, 0.5) is 4.39 Å². The maximum atomic E-state index is 13.1. The van der Waals surface area contributed by atoms with E-state index in [2.05, 4.69) is 32.8 Å². The van der Waals surface area contributed by atoms with Crippen LogP contribution in [0.2, 0.25) is 0 Å². The van der Waals surface area contributed by atoms with Crippen LogP contribution in [-0.2, 0) is 10.3 Å². The van der Waals surface area contributed by atoms with E-state index in [1.54, 1.807) is 0 Å². The number of fused-ring (bicyclic) bond motifs is 1. The van der Waals surface area contributed by atoms with Gasteiger partial charge in [-0.15, -0.1) is 0 Å². The van der Waals surface area contributed by atoms with Crippen molar-refractivity contribution in [3.05, 3.63) is 17.5 Å². The molecule has 0 radical (unpaired) electrons. The van der Waals surface area contributed by atoms with E-state index in [9.17, 15) is 4.39 Å². The van der Waals surface area contributed by atoms with Gasteiger partial charge in [0.15, 0.2) is 0 Å². The van der Waals surface area contributed by atoms with Gasteiger partial charge in [-0.05, 0) is 24.3 Å². The number of aromatic nitrogens is 2. The third kappa shape index (κ3) is 2.50. The molecule has 2 rings (SSSR count). The summed E-state index contributed by atoms with van der Waals surface area (Å²) in [6, 6.07) is -0.278. The van der Waals surface area contributed by atoms with Gasteiger partial charge in [-0.2, -0.15) is 5.10 Å². The summed E-state index contributed by atoms with van der Waals surface area (Å²) in [5.74, 6) is 0.652. The van der Waals surface area contributed by atoms with Gasteiger partial charge in [0, 0.05) is 0 Å². The van der Waals surface area contributed by atoms with Crippen LogP contribution in [0.5, 0.6) is 0 Å². The van der Waals surface area contributed by atoms with E-state index in [-0.39, 0.29) is 11.6 Å². The molecule has 1 aromatic heterocycles. The molecule has 0 fully saturated rings. The lowest BCUT2D eigenvalue weighted by Crippen LogP contribution is -2.48. The maximum Gasteiger partial charge on any atom is 0.115 e. The van der Waals surface area contributed by atoms with Crippen molar-refractivity contribution in [3.63, 3.8) is 0 Å². The second-order valence-corrected chi connectivity index (χ2v) is 5.84. The molecule has 4 heteroatoms. The normalized spacial score (nSPS) is 20.6. The highest BCUT2D eigenvalue weighted by Gasteiger charge is 2.47. The SMILES string of the molecule is CC.Cc1cnn2c1C(C(C)C)(C(C)C)OCC2CF. The Labute approximate surface area is 122 Å². The molecule has 116 valence electrons. The van der Waals surface area contributed by atoms with Crippen LogP contribution < -0.4 is 0 Å². The predicted molar refractivity (Wildman–Crippen MR) is 80.6 cm³/mol. The Morgan fingerprint density at radius 2 is 1.90 bits per heavy atom. The zero-order valence-electron chi connectivity index (χ0n) is 13.9. The van der Waals surface area contributed by atoms with Crippen LogP contribution in [0.15, 0.2) is 6.20 Å². The van der Waals surface area contributed by atoms with Crippen LogP contribution in [0.25, 0.3) is 0 Å². The molecule has 1 aliphatic rings. The first-order valence-electron chi connectivity index (χ1n) is 7.69. The van der Waals surface area contributed by atoms with Crippen molar-refractivity contribution in [2.45, 2.75) is 60.1 Å². The zero-order valence-corrected chi connectivity index (χ0v) is 13.9. The van der Waals surface area contributed by atoms with Crippen molar-refractivity contribution in [3.8, 4) is 0 Å². The minimum Gasteiger partial charge on any atom is -0.366 e. The molecule has 1 unspecified atom stereocenters. The lowest BCUT2D eigenvalue weighted by atomic mass is 9.75. The Bertz CT molecular complexity index is 418. The highest BCUT2D eigenvalue weighted by Crippen LogP contribution is 2.45. The second-order valence-electron chi connectivity index (χ2n) is 5.84. The molecule has 0 saturated carbocycles. The minimum atomic E-state index is -0.430. The lowest BCUT2D eigenvalue weighted by molar-refractivity contribution is -0.154. The fraction of sp³-hybridized carbons (Fsp3) is 0.812. The Hall–Kier alpha value is -0.900. The third-order valence-corrected chi connectivity index (χ3v) is 4.10. The summed E-state index contributed by atoms with van der Waals surface area (Å²) in [5, 5.41) is 4.37. The maximum absolute atomic E-state index is 13.1. The number of rotatable bonds is 3. The van der Waals surface area contributed by atoms with Gasteiger partial charge in [0.1, 0.15) is 18.3 Å². The van der Waals surface area contributed by atoms with Crippen molar-refractivity contribution in [2.24, 2.45) is 11.8 Å². The average Bonchev–Trinajstić information content (AvgIpc) is 2.82. The minimum absolute atomic E-state index is 0.278. The first-order chi connectivity index (χ1) is 9.45. The van der Waals surface area contributed by atoms with Gasteiger partial charge in [-0.3, -0.25) is 4.68 Å². The third-order valence-electron chi connectivity index (χ3n) is 4.10. The summed E-state index contributed by atoms with van der Waals surface area (Å²) < 4.78 is 21.1. The van der Waals surface area contributed by atoms with E-state index in [0.29, 0.717) is 18.4 Å². The van der Waals surface area contributed by atoms with E-state index in [4.69, 9.17) is 4.74 Å². The first kappa shape index (κ1) is 17.2. The van der Waals surface area contributed by atoms with E-state index in [1.165, 1.54) is 0 Å². The Morgan fingerprint density at radius 3 is 2.35 bits per heavy atom. The van der Waals surface area contributed by atoms with E-state index in [1.807, 2.05) is 31.6 Å². The van der Waals surface area contributed by atoms with E-state index in [0.717, 1.165) is 11.3 Å². The van der Waals surface area contributed by atoms with Gasteiger partial charge in [0.25, 0.3) is 0 Å². The summed E-state index contributed by atoms with van der Waals surface area (Å²) in [6.07, 6.45) is 1.83. The Morgan fingerprint density at radius 1 is 1.35 bits per heavy atom. The van der Waals surface area contributed by atoms with Crippen molar-refractivity contribution in [1.29, 1.82) is 0 Å². The number of halogens is 1. The van der Waals surface area contributed by atoms with Crippen LogP contribution in [0.3, 0.4) is 0 Å². The Kier molecular flexibility index (Phi) is 5.75. The first-order valence-corrected chi connectivity index (χ1v) is 7.69. The fourth-order valence-electron chi connectivity index (χ4n) is 3.24. The molecule has 0 aliphatic carbocycles. The number of ether oxygens (including phenoxy) is 1. The van der Waals surface area contributed by atoms with E-state index < -0.39 is 6.67 Å². The van der Waals surface area contributed by atoms with Gasteiger partial charge < -0.3 is 4.74 Å². The average molecular weight is 284 g/mol. The standard InChI is InChI=1S/C14H23FN2O.C2H6/c1-9(2)14(10(3)4)13-11(5)7-16-17(13)12(6-15)8-18-14;1-2/h7,9-10,12H,6,8H2,1-5H3;1-2H3. The molecule has 3 nitrogen and oxygen atoms in total. The number of hydrogen-bond donors (Lipinski definition) is 0. The molecular weight excluding hydrogens is 255 g/mol. The van der Waals surface area contributed by atoms with Gasteiger partial charge >= 0.3 is 0 Å². The molecule has 2 heterocycles. The van der Waals surface area contributed by atoms with Crippen LogP contribution in [0, 0.1) is 18.8 Å².